The van der Waals surface area contributed by atoms with E-state index in [4.69, 9.17) is 0 Å². The second kappa shape index (κ2) is 12.3. The molecule has 0 unspecified atom stereocenters. The van der Waals surface area contributed by atoms with Crippen molar-refractivity contribution in [1.82, 2.24) is 14.8 Å². The van der Waals surface area contributed by atoms with E-state index in [0.29, 0.717) is 28.8 Å². The number of benzene rings is 1. The van der Waals surface area contributed by atoms with Gasteiger partial charge in [-0.15, -0.1) is 5.10 Å². The third-order valence-electron chi connectivity index (χ3n) is 4.48. The summed E-state index contributed by atoms with van der Waals surface area (Å²) < 4.78 is 52.5. The monoisotopic (exact) mass is 481 g/mol. The van der Waals surface area contributed by atoms with Crippen LogP contribution in [0.1, 0.15) is 47.0 Å². The van der Waals surface area contributed by atoms with Gasteiger partial charge in [0, 0.05) is 17.3 Å². The zero-order valence-electron chi connectivity index (χ0n) is 19.9. The molecule has 0 spiro atoms. The average Bonchev–Trinajstić information content (AvgIpc) is 3.46. The smallest absolute Gasteiger partial charge is 0.282 e. The highest BCUT2D eigenvalue weighted by atomic mass is 19.3. The number of carbonyl (C=O) groups is 1. The van der Waals surface area contributed by atoms with Crippen molar-refractivity contribution < 1.29 is 22.4 Å². The Balaban J connectivity index is 0.000000390. The van der Waals surface area contributed by atoms with Crippen LogP contribution >= 0.6 is 0 Å². The standard InChI is InChI=1S/C16H12F3N5O.C3H5F.C3H8.C2H6/c17-13-2-1-11(21-9-25)4-14(13)24-6-10-3-12(5-20-15(10)22-24)23-7-16(18,19)8-23;4-3-1-2-3;1-3-2;1-2/h1-6,9H,7-8H2,(H,21,25);3H,1-2H2;3H2,1-2H3;1-2H3. The third-order valence-corrected chi connectivity index (χ3v) is 4.48. The number of rotatable bonds is 4. The molecule has 34 heavy (non-hydrogen) atoms. The molecule has 2 aromatic heterocycles. The van der Waals surface area contributed by atoms with E-state index in [1.165, 1.54) is 40.4 Å². The fourth-order valence-corrected chi connectivity index (χ4v) is 2.80. The number of hydrogen-bond acceptors (Lipinski definition) is 4. The molecule has 0 bridgehead atoms. The van der Waals surface area contributed by atoms with Crippen molar-refractivity contribution in [3.8, 4) is 5.69 Å². The van der Waals surface area contributed by atoms with Gasteiger partial charge in [0.1, 0.15) is 17.7 Å². The summed E-state index contributed by atoms with van der Waals surface area (Å²) in [7, 11) is 0. The van der Waals surface area contributed by atoms with Gasteiger partial charge in [-0.05, 0) is 37.1 Å². The molecule has 186 valence electrons. The Kier molecular flexibility index (Phi) is 9.83. The van der Waals surface area contributed by atoms with Gasteiger partial charge in [0.15, 0.2) is 5.65 Å². The molecule has 1 amide bonds. The quantitative estimate of drug-likeness (QED) is 0.359. The predicted molar refractivity (Wildman–Crippen MR) is 127 cm³/mol. The summed E-state index contributed by atoms with van der Waals surface area (Å²) in [5.41, 5.74) is 1.49. The second-order valence-corrected chi connectivity index (χ2v) is 7.70. The molecule has 1 aliphatic heterocycles. The number of alkyl halides is 3. The molecule has 2 fully saturated rings. The van der Waals surface area contributed by atoms with Gasteiger partial charge in [-0.25, -0.2) is 27.2 Å². The van der Waals surface area contributed by atoms with E-state index in [2.05, 4.69) is 29.2 Å². The van der Waals surface area contributed by atoms with Gasteiger partial charge in [-0.2, -0.15) is 0 Å². The van der Waals surface area contributed by atoms with Gasteiger partial charge in [-0.1, -0.05) is 34.1 Å². The normalized spacial score (nSPS) is 15.5. The Morgan fingerprint density at radius 3 is 2.32 bits per heavy atom. The van der Waals surface area contributed by atoms with Gasteiger partial charge in [-0.3, -0.25) is 4.79 Å². The zero-order valence-corrected chi connectivity index (χ0v) is 19.9. The van der Waals surface area contributed by atoms with Crippen molar-refractivity contribution >= 4 is 28.8 Å². The molecule has 3 aromatic rings. The number of pyridine rings is 1. The molecule has 1 saturated heterocycles. The summed E-state index contributed by atoms with van der Waals surface area (Å²) in [5.74, 6) is -3.19. The number of amides is 1. The highest BCUT2D eigenvalue weighted by Gasteiger charge is 2.44. The Bertz CT molecular complexity index is 1060. The number of halogens is 4. The number of fused-ring (bicyclic) bond motifs is 1. The first kappa shape index (κ1) is 27.1. The summed E-state index contributed by atoms with van der Waals surface area (Å²) in [6.45, 7) is 7.56. The molecular weight excluding hydrogens is 450 g/mol. The SMILES string of the molecule is CC.CCC.FC1CC1.O=CNc1ccc(F)c(-n2cc3cc(N4CC(F)(F)C4)cnc3n2)c1. The van der Waals surface area contributed by atoms with E-state index in [9.17, 15) is 22.4 Å². The molecule has 1 saturated carbocycles. The Morgan fingerprint density at radius 2 is 1.79 bits per heavy atom. The van der Waals surface area contributed by atoms with E-state index in [0.717, 1.165) is 12.8 Å². The lowest BCUT2D eigenvalue weighted by molar-refractivity contribution is -0.105. The van der Waals surface area contributed by atoms with Crippen molar-refractivity contribution in [3.05, 3.63) is 42.5 Å². The van der Waals surface area contributed by atoms with Crippen molar-refractivity contribution in [1.29, 1.82) is 0 Å². The van der Waals surface area contributed by atoms with Gasteiger partial charge < -0.3 is 10.2 Å². The largest absolute Gasteiger partial charge is 0.358 e. The number of aromatic nitrogens is 3. The topological polar surface area (TPSA) is 63.1 Å². The van der Waals surface area contributed by atoms with Gasteiger partial charge in [0.05, 0.1) is 25.0 Å². The van der Waals surface area contributed by atoms with Crippen LogP contribution in [0.25, 0.3) is 16.7 Å². The number of hydrogen-bond donors (Lipinski definition) is 1. The minimum Gasteiger partial charge on any atom is -0.358 e. The van der Waals surface area contributed by atoms with Gasteiger partial charge in [0.25, 0.3) is 5.92 Å². The molecule has 0 radical (unpaired) electrons. The van der Waals surface area contributed by atoms with Gasteiger partial charge in [0.2, 0.25) is 6.41 Å². The molecule has 6 nitrogen and oxygen atoms in total. The van der Waals surface area contributed by atoms with Crippen LogP contribution in [0.15, 0.2) is 36.7 Å². The molecule has 1 aliphatic carbocycles. The molecule has 5 rings (SSSR count). The van der Waals surface area contributed by atoms with Crippen LogP contribution in [0, 0.1) is 5.82 Å². The van der Waals surface area contributed by atoms with E-state index in [1.54, 1.807) is 12.3 Å². The van der Waals surface area contributed by atoms with E-state index in [-0.39, 0.29) is 18.8 Å². The number of nitrogens with one attached hydrogen (secondary N) is 1. The summed E-state index contributed by atoms with van der Waals surface area (Å²) in [4.78, 5) is 16.2. The fourth-order valence-electron chi connectivity index (χ4n) is 2.80. The lowest BCUT2D eigenvalue weighted by atomic mass is 10.1. The van der Waals surface area contributed by atoms with E-state index in [1.807, 2.05) is 13.8 Å². The van der Waals surface area contributed by atoms with Crippen molar-refractivity contribution in [2.24, 2.45) is 0 Å². The van der Waals surface area contributed by atoms with Gasteiger partial charge >= 0.3 is 0 Å². The molecule has 1 aromatic carbocycles. The Morgan fingerprint density at radius 1 is 1.18 bits per heavy atom. The fraction of sp³-hybridized carbons (Fsp3) is 0.458. The molecule has 10 heteroatoms. The third kappa shape index (κ3) is 7.43. The van der Waals surface area contributed by atoms with Crippen LogP contribution in [0.3, 0.4) is 0 Å². The highest BCUT2D eigenvalue weighted by Crippen LogP contribution is 2.32. The average molecular weight is 482 g/mol. The minimum atomic E-state index is -2.67. The first-order valence-corrected chi connectivity index (χ1v) is 11.4. The van der Waals surface area contributed by atoms with Crippen LogP contribution in [-0.2, 0) is 4.79 Å². The maximum Gasteiger partial charge on any atom is 0.282 e. The molecular formula is C24H31F4N5O. The maximum atomic E-state index is 14.1. The first-order valence-electron chi connectivity index (χ1n) is 11.4. The zero-order chi connectivity index (χ0) is 25.3. The first-order chi connectivity index (χ1) is 16.3. The van der Waals surface area contributed by atoms with Crippen molar-refractivity contribution in [3.63, 3.8) is 0 Å². The molecule has 1 N–H and O–H groups in total. The van der Waals surface area contributed by atoms with E-state index < -0.39 is 17.9 Å². The van der Waals surface area contributed by atoms with Crippen LogP contribution in [0.2, 0.25) is 0 Å². The van der Waals surface area contributed by atoms with Crippen LogP contribution in [0.4, 0.5) is 28.9 Å². The summed E-state index contributed by atoms with van der Waals surface area (Å²) in [5, 5.41) is 7.24. The van der Waals surface area contributed by atoms with Crippen LogP contribution < -0.4 is 10.2 Å². The van der Waals surface area contributed by atoms with E-state index >= 15 is 0 Å². The number of anilines is 2. The Labute approximate surface area is 197 Å². The summed E-state index contributed by atoms with van der Waals surface area (Å²) in [6, 6.07) is 5.77. The predicted octanol–water partition coefficient (Wildman–Crippen LogP) is 6.14. The molecule has 3 heterocycles. The van der Waals surface area contributed by atoms with Crippen LogP contribution in [0.5, 0.6) is 0 Å². The maximum absolute atomic E-state index is 14.1. The number of nitrogens with zero attached hydrogens (tertiary/aromatic N) is 4. The lowest BCUT2D eigenvalue weighted by Gasteiger charge is -2.40. The minimum absolute atomic E-state index is 0.141. The van der Waals surface area contributed by atoms with Crippen LogP contribution in [-0.4, -0.2) is 46.4 Å². The summed E-state index contributed by atoms with van der Waals surface area (Å²) in [6.07, 6.45) is 6.00. The lowest BCUT2D eigenvalue weighted by Crippen LogP contribution is -2.56. The molecule has 2 aliphatic rings. The molecule has 0 atom stereocenters. The van der Waals surface area contributed by atoms with Crippen molar-refractivity contribution in [2.45, 2.75) is 59.1 Å². The summed E-state index contributed by atoms with van der Waals surface area (Å²) >= 11 is 0. The second-order valence-electron chi connectivity index (χ2n) is 7.70. The van der Waals surface area contributed by atoms with Crippen molar-refractivity contribution in [2.75, 3.05) is 23.3 Å². The Hall–Kier alpha value is -3.17. The number of carbonyl (C=O) groups excluding carboxylic acids is 1. The highest BCUT2D eigenvalue weighted by molar-refractivity contribution is 5.79.